The van der Waals surface area contributed by atoms with E-state index in [-0.39, 0.29) is 0 Å². The normalized spacial score (nSPS) is 14.8. The lowest BCUT2D eigenvalue weighted by Crippen LogP contribution is -2.18. The molecule has 262 valence electrons. The van der Waals surface area contributed by atoms with Crippen molar-refractivity contribution in [2.75, 3.05) is 9.80 Å². The Morgan fingerprint density at radius 2 is 0.887 bits per heavy atom. The van der Waals surface area contributed by atoms with Gasteiger partial charge in [0.05, 0.1) is 0 Å². The van der Waals surface area contributed by atoms with Gasteiger partial charge < -0.3 is 9.80 Å². The molecule has 53 heavy (non-hydrogen) atoms. The van der Waals surface area contributed by atoms with E-state index in [9.17, 15) is 0 Å². The van der Waals surface area contributed by atoms with Gasteiger partial charge in [-0.3, -0.25) is 0 Å². The molecule has 0 amide bonds. The summed E-state index contributed by atoms with van der Waals surface area (Å²) in [7, 11) is 0. The van der Waals surface area contributed by atoms with Gasteiger partial charge in [-0.05, 0) is 164 Å². The zero-order valence-electron chi connectivity index (χ0n) is 31.1. The van der Waals surface area contributed by atoms with Crippen LogP contribution in [0.4, 0.5) is 28.4 Å². The van der Waals surface area contributed by atoms with Gasteiger partial charge in [0.15, 0.2) is 0 Å². The SMILES string of the molecule is C=C1CCCC/C=C\C=C1N(c1ccc(C)cc1)c1ccc(-c2ccc(-c3ccc(N(c4ccc(C)cc4)c4ccc5c(c4)CCC5)cc3)cc2)cc1. The van der Waals surface area contributed by atoms with Gasteiger partial charge >= 0.3 is 0 Å². The summed E-state index contributed by atoms with van der Waals surface area (Å²) in [4.78, 5) is 4.74. The smallest absolute Gasteiger partial charge is 0.0487 e. The Bertz CT molecular complexity index is 2250. The standard InChI is InChI=1S/C51H48N2/c1-37-14-27-46(28-15-37)52(50-35-26-40-11-9-12-45(40)36-50)47-31-22-43(23-32-47)41-18-20-42(21-19-41)44-24-33-49(34-25-44)53(48-29-16-38(2)17-30-48)51-13-8-6-4-5-7-10-39(51)3/h6,8,13-36H,3-5,7,9-12H2,1-2H3/b8-6-,51-13?. The summed E-state index contributed by atoms with van der Waals surface area (Å²) in [5, 5.41) is 0. The lowest BCUT2D eigenvalue weighted by Gasteiger charge is -2.29. The number of hydrogen-bond donors (Lipinski definition) is 0. The molecule has 0 aromatic heterocycles. The van der Waals surface area contributed by atoms with Crippen LogP contribution in [0, 0.1) is 13.8 Å². The second-order valence-corrected chi connectivity index (χ2v) is 14.6. The maximum absolute atomic E-state index is 4.54. The van der Waals surface area contributed by atoms with Crippen molar-refractivity contribution in [2.45, 2.75) is 58.8 Å². The molecule has 0 fully saturated rings. The lowest BCUT2D eigenvalue weighted by atomic mass is 9.99. The van der Waals surface area contributed by atoms with Gasteiger partial charge in [-0.2, -0.15) is 0 Å². The van der Waals surface area contributed by atoms with E-state index in [1.807, 2.05) is 0 Å². The van der Waals surface area contributed by atoms with Crippen LogP contribution in [0.1, 0.15) is 54.4 Å². The summed E-state index contributed by atoms with van der Waals surface area (Å²) >= 11 is 0. The summed E-state index contributed by atoms with van der Waals surface area (Å²) < 4.78 is 0. The molecule has 8 rings (SSSR count). The fourth-order valence-electron chi connectivity index (χ4n) is 7.76. The van der Waals surface area contributed by atoms with Crippen LogP contribution in [-0.2, 0) is 12.8 Å². The van der Waals surface area contributed by atoms with Crippen molar-refractivity contribution in [2.24, 2.45) is 0 Å². The predicted octanol–water partition coefficient (Wildman–Crippen LogP) is 14.3. The van der Waals surface area contributed by atoms with Crippen molar-refractivity contribution in [1.82, 2.24) is 0 Å². The van der Waals surface area contributed by atoms with E-state index in [1.165, 1.54) is 87.1 Å². The van der Waals surface area contributed by atoms with Gasteiger partial charge in [-0.25, -0.2) is 0 Å². The van der Waals surface area contributed by atoms with Crippen molar-refractivity contribution in [3.63, 3.8) is 0 Å². The second-order valence-electron chi connectivity index (χ2n) is 14.6. The van der Waals surface area contributed by atoms with Crippen LogP contribution in [0.2, 0.25) is 0 Å². The maximum atomic E-state index is 4.54. The highest BCUT2D eigenvalue weighted by Crippen LogP contribution is 2.39. The summed E-state index contributed by atoms with van der Waals surface area (Å²) in [5.41, 5.74) is 18.5. The molecule has 0 heterocycles. The second kappa shape index (κ2) is 15.4. The molecule has 0 saturated carbocycles. The molecule has 0 bridgehead atoms. The quantitative estimate of drug-likeness (QED) is 0.157. The number of allylic oxidation sites excluding steroid dienone is 4. The summed E-state index contributed by atoms with van der Waals surface area (Å²) in [5.74, 6) is 0. The third-order valence-electron chi connectivity index (χ3n) is 10.8. The molecule has 2 aliphatic carbocycles. The Balaban J connectivity index is 1.05. The highest BCUT2D eigenvalue weighted by molar-refractivity contribution is 5.80. The minimum atomic E-state index is 1.00. The maximum Gasteiger partial charge on any atom is 0.0487 e. The van der Waals surface area contributed by atoms with Crippen molar-refractivity contribution >= 4 is 28.4 Å². The molecule has 2 nitrogen and oxygen atoms in total. The van der Waals surface area contributed by atoms with Crippen LogP contribution in [0.15, 0.2) is 176 Å². The zero-order valence-corrected chi connectivity index (χ0v) is 31.1. The third-order valence-corrected chi connectivity index (χ3v) is 10.8. The number of hydrogen-bond acceptors (Lipinski definition) is 2. The summed E-state index contributed by atoms with van der Waals surface area (Å²) in [6.45, 7) is 8.82. The Morgan fingerprint density at radius 3 is 1.43 bits per heavy atom. The van der Waals surface area contributed by atoms with Crippen molar-refractivity contribution in [1.29, 1.82) is 0 Å². The van der Waals surface area contributed by atoms with E-state index in [2.05, 4.69) is 188 Å². The first-order chi connectivity index (χ1) is 26.0. The molecule has 0 atom stereocenters. The lowest BCUT2D eigenvalue weighted by molar-refractivity contribution is 0.747. The van der Waals surface area contributed by atoms with Crippen LogP contribution < -0.4 is 9.80 Å². The van der Waals surface area contributed by atoms with Gasteiger partial charge in [-0.1, -0.05) is 109 Å². The van der Waals surface area contributed by atoms with Crippen LogP contribution in [0.5, 0.6) is 0 Å². The number of nitrogens with zero attached hydrogens (tertiary/aromatic N) is 2. The van der Waals surface area contributed by atoms with E-state index in [0.717, 1.165) is 42.0 Å². The minimum absolute atomic E-state index is 1.00. The Kier molecular flexibility index (Phi) is 9.95. The fraction of sp³-hybridized carbons (Fsp3) is 0.176. The van der Waals surface area contributed by atoms with E-state index < -0.39 is 0 Å². The molecule has 0 unspecified atom stereocenters. The van der Waals surface area contributed by atoms with Crippen molar-refractivity contribution < 1.29 is 0 Å². The molecule has 6 aromatic rings. The Labute approximate surface area is 316 Å². The van der Waals surface area contributed by atoms with Crippen LogP contribution >= 0.6 is 0 Å². The van der Waals surface area contributed by atoms with Gasteiger partial charge in [0.25, 0.3) is 0 Å². The number of anilines is 5. The highest BCUT2D eigenvalue weighted by Gasteiger charge is 2.19. The molecule has 0 spiro atoms. The number of rotatable bonds is 8. The van der Waals surface area contributed by atoms with Gasteiger partial charge in [-0.15, -0.1) is 0 Å². The summed E-state index contributed by atoms with van der Waals surface area (Å²) in [6.07, 6.45) is 14.8. The zero-order chi connectivity index (χ0) is 36.1. The Morgan fingerprint density at radius 1 is 0.434 bits per heavy atom. The molecule has 6 aromatic carbocycles. The topological polar surface area (TPSA) is 6.48 Å². The van der Waals surface area contributed by atoms with Crippen molar-refractivity contribution in [3.05, 3.63) is 198 Å². The third kappa shape index (κ3) is 7.55. The van der Waals surface area contributed by atoms with E-state index in [1.54, 1.807) is 0 Å². The fourth-order valence-corrected chi connectivity index (χ4v) is 7.76. The molecule has 2 aliphatic rings. The van der Waals surface area contributed by atoms with Crippen LogP contribution in [0.3, 0.4) is 0 Å². The first-order valence-electron chi connectivity index (χ1n) is 19.2. The van der Waals surface area contributed by atoms with Crippen LogP contribution in [0.25, 0.3) is 22.3 Å². The van der Waals surface area contributed by atoms with E-state index >= 15 is 0 Å². The van der Waals surface area contributed by atoms with Gasteiger partial charge in [0.2, 0.25) is 0 Å². The first kappa shape index (κ1) is 34.2. The molecule has 0 radical (unpaired) electrons. The highest BCUT2D eigenvalue weighted by atomic mass is 15.2. The number of aryl methyl sites for hydroxylation is 4. The van der Waals surface area contributed by atoms with E-state index in [0.29, 0.717) is 0 Å². The average Bonchev–Trinajstić information content (AvgIpc) is 3.70. The molecular weight excluding hydrogens is 641 g/mol. The van der Waals surface area contributed by atoms with Crippen molar-refractivity contribution in [3.8, 4) is 22.3 Å². The van der Waals surface area contributed by atoms with Crippen LogP contribution in [-0.4, -0.2) is 0 Å². The largest absolute Gasteiger partial charge is 0.310 e. The average molecular weight is 689 g/mol. The molecule has 0 saturated heterocycles. The van der Waals surface area contributed by atoms with E-state index in [4.69, 9.17) is 0 Å². The molecule has 0 aliphatic heterocycles. The monoisotopic (exact) mass is 688 g/mol. The van der Waals surface area contributed by atoms with Gasteiger partial charge in [0.1, 0.15) is 0 Å². The number of fused-ring (bicyclic) bond motifs is 1. The minimum Gasteiger partial charge on any atom is -0.310 e. The first-order valence-corrected chi connectivity index (χ1v) is 19.2. The summed E-state index contributed by atoms with van der Waals surface area (Å²) in [6, 6.07) is 51.6. The van der Waals surface area contributed by atoms with Gasteiger partial charge in [0, 0.05) is 34.1 Å². The molecule has 2 heteroatoms. The molecular formula is C51H48N2. The number of benzene rings is 6. The predicted molar refractivity (Wildman–Crippen MR) is 227 cm³/mol. The Hall–Kier alpha value is -5.86. The molecule has 0 N–H and O–H groups in total.